The lowest BCUT2D eigenvalue weighted by atomic mass is 10.00. The molecule has 0 atom stereocenters. The van der Waals surface area contributed by atoms with Crippen molar-refractivity contribution in [3.8, 4) is 0 Å². The van der Waals surface area contributed by atoms with Crippen LogP contribution in [0.2, 0.25) is 5.02 Å². The monoisotopic (exact) mass is 419 g/mol. The molecule has 2 N–H and O–H groups in total. The maximum Gasteiger partial charge on any atom is 0.240 e. The molecule has 0 aliphatic heterocycles. The Morgan fingerprint density at radius 3 is 2.07 bits per heavy atom. The Hall–Kier alpha value is -1.88. The van der Waals surface area contributed by atoms with Crippen molar-refractivity contribution in [1.82, 2.24) is 5.43 Å². The van der Waals surface area contributed by atoms with Crippen LogP contribution in [0.3, 0.4) is 0 Å². The lowest BCUT2D eigenvalue weighted by Gasteiger charge is -2.10. The molecule has 0 aromatic heterocycles. The molecule has 1 aliphatic rings. The summed E-state index contributed by atoms with van der Waals surface area (Å²) in [5.74, 6) is -0.425. The number of anilines is 1. The molecular weight excluding hydrogens is 386 g/mol. The van der Waals surface area contributed by atoms with Crippen molar-refractivity contribution >= 4 is 34.8 Å². The number of amides is 2. The molecule has 2 amide bonds. The highest BCUT2D eigenvalue weighted by Gasteiger charge is 2.10. The topological polar surface area (TPSA) is 70.6 Å². The molecule has 0 spiro atoms. The van der Waals surface area contributed by atoms with E-state index in [2.05, 4.69) is 15.8 Å². The van der Waals surface area contributed by atoms with Gasteiger partial charge in [0, 0.05) is 29.3 Å². The van der Waals surface area contributed by atoms with Crippen molar-refractivity contribution in [3.05, 3.63) is 28.8 Å². The van der Waals surface area contributed by atoms with Gasteiger partial charge in [0.2, 0.25) is 11.8 Å². The van der Waals surface area contributed by atoms with Crippen LogP contribution < -0.4 is 10.7 Å². The lowest BCUT2D eigenvalue weighted by Crippen LogP contribution is -2.22. The Morgan fingerprint density at radius 2 is 1.45 bits per heavy atom. The van der Waals surface area contributed by atoms with Crippen LogP contribution >= 0.6 is 11.6 Å². The fourth-order valence-electron chi connectivity index (χ4n) is 3.51. The number of benzene rings is 1. The highest BCUT2D eigenvalue weighted by Crippen LogP contribution is 2.23. The summed E-state index contributed by atoms with van der Waals surface area (Å²) >= 11 is 6.07. The lowest BCUT2D eigenvalue weighted by molar-refractivity contribution is -0.124. The molecule has 0 saturated heterocycles. The summed E-state index contributed by atoms with van der Waals surface area (Å²) < 4.78 is 0. The Bertz CT molecular complexity index is 689. The minimum atomic E-state index is -0.221. The third-order valence-electron chi connectivity index (χ3n) is 5.39. The summed E-state index contributed by atoms with van der Waals surface area (Å²) in [5, 5.41) is 7.78. The van der Waals surface area contributed by atoms with E-state index in [1.807, 2.05) is 6.92 Å². The normalized spacial score (nSPS) is 16.3. The van der Waals surface area contributed by atoms with Gasteiger partial charge in [0.15, 0.2) is 0 Å². The van der Waals surface area contributed by atoms with Gasteiger partial charge in [-0.1, -0.05) is 62.6 Å². The van der Waals surface area contributed by atoms with E-state index in [1.54, 1.807) is 18.2 Å². The number of hydrogen-bond donors (Lipinski definition) is 2. The molecule has 29 heavy (non-hydrogen) atoms. The van der Waals surface area contributed by atoms with Gasteiger partial charge >= 0.3 is 0 Å². The van der Waals surface area contributed by atoms with Crippen LogP contribution in [-0.4, -0.2) is 17.5 Å². The Balaban J connectivity index is 1.75. The minimum absolute atomic E-state index is 0.113. The number of rotatable bonds is 5. The van der Waals surface area contributed by atoms with E-state index in [4.69, 9.17) is 11.6 Å². The largest absolute Gasteiger partial charge is 0.326 e. The molecule has 1 saturated carbocycles. The molecule has 0 bridgehead atoms. The van der Waals surface area contributed by atoms with E-state index in [9.17, 15) is 9.59 Å². The van der Waals surface area contributed by atoms with Crippen LogP contribution in [0.4, 0.5) is 5.69 Å². The molecule has 5 nitrogen and oxygen atoms in total. The minimum Gasteiger partial charge on any atom is -0.326 e. The molecule has 0 radical (unpaired) electrons. The van der Waals surface area contributed by atoms with E-state index < -0.39 is 0 Å². The van der Waals surface area contributed by atoms with Gasteiger partial charge in [-0.2, -0.15) is 5.10 Å². The number of hydrogen-bond acceptors (Lipinski definition) is 3. The zero-order chi connectivity index (χ0) is 20.9. The number of hydrazone groups is 1. The zero-order valence-electron chi connectivity index (χ0n) is 17.6. The van der Waals surface area contributed by atoms with Crippen molar-refractivity contribution in [2.75, 3.05) is 5.32 Å². The maximum atomic E-state index is 12.1. The second kappa shape index (κ2) is 13.4. The molecular formula is C23H34ClN3O2. The second-order valence-electron chi connectivity index (χ2n) is 7.86. The summed E-state index contributed by atoms with van der Waals surface area (Å²) in [6, 6.07) is 5.37. The average molecular weight is 420 g/mol. The van der Waals surface area contributed by atoms with E-state index in [0.717, 1.165) is 37.0 Å². The molecule has 1 aromatic carbocycles. The van der Waals surface area contributed by atoms with Crippen molar-refractivity contribution < 1.29 is 9.59 Å². The van der Waals surface area contributed by atoms with Crippen LogP contribution in [0.15, 0.2) is 23.3 Å². The van der Waals surface area contributed by atoms with Crippen LogP contribution in [0.1, 0.15) is 89.0 Å². The fraction of sp³-hybridized carbons (Fsp3) is 0.609. The van der Waals surface area contributed by atoms with E-state index in [0.29, 0.717) is 10.7 Å². The van der Waals surface area contributed by atoms with Gasteiger partial charge in [0.25, 0.3) is 0 Å². The van der Waals surface area contributed by atoms with E-state index >= 15 is 0 Å². The summed E-state index contributed by atoms with van der Waals surface area (Å²) in [6.45, 7) is 1.85. The van der Waals surface area contributed by atoms with Gasteiger partial charge in [-0.15, -0.1) is 0 Å². The van der Waals surface area contributed by atoms with Crippen molar-refractivity contribution in [3.63, 3.8) is 0 Å². The first-order valence-electron chi connectivity index (χ1n) is 11.0. The first kappa shape index (κ1) is 23.4. The predicted octanol–water partition coefficient (Wildman–Crippen LogP) is 6.14. The number of carbonyl (C=O) groups excluding carboxylic acids is 2. The quantitative estimate of drug-likeness (QED) is 0.562. The van der Waals surface area contributed by atoms with Crippen LogP contribution in [-0.2, 0) is 9.59 Å². The maximum absolute atomic E-state index is 12.1. The standard InChI is InChI=1S/C23H34ClN3O2/c1-18-20(24)14-11-15-21(18)25-22(28)16-17-23(29)27-26-19-12-9-7-5-3-2-4-6-8-10-13-19/h11,14-15H,2-10,12-13,16-17H2,1H3,(H,25,28)(H,27,29). The predicted molar refractivity (Wildman–Crippen MR) is 120 cm³/mol. The molecule has 0 unspecified atom stereocenters. The Labute approximate surface area is 179 Å². The number of carbonyl (C=O) groups is 2. The summed E-state index contributed by atoms with van der Waals surface area (Å²) in [5.41, 5.74) is 5.23. The third-order valence-corrected chi connectivity index (χ3v) is 5.80. The number of nitrogens with one attached hydrogen (secondary N) is 2. The van der Waals surface area contributed by atoms with Crippen LogP contribution in [0, 0.1) is 6.92 Å². The van der Waals surface area contributed by atoms with Crippen molar-refractivity contribution in [2.24, 2.45) is 5.10 Å². The van der Waals surface area contributed by atoms with Crippen LogP contribution in [0.5, 0.6) is 0 Å². The van der Waals surface area contributed by atoms with Gasteiger partial charge in [-0.3, -0.25) is 9.59 Å². The molecule has 6 heteroatoms. The van der Waals surface area contributed by atoms with Gasteiger partial charge in [0.1, 0.15) is 0 Å². The number of halogens is 1. The molecule has 2 rings (SSSR count). The van der Waals surface area contributed by atoms with Gasteiger partial charge in [0.05, 0.1) is 0 Å². The Morgan fingerprint density at radius 1 is 0.897 bits per heavy atom. The Kier molecular flexibility index (Phi) is 10.8. The van der Waals surface area contributed by atoms with Gasteiger partial charge in [-0.25, -0.2) is 5.43 Å². The molecule has 0 heterocycles. The smallest absolute Gasteiger partial charge is 0.240 e. The van der Waals surface area contributed by atoms with E-state index in [-0.39, 0.29) is 24.7 Å². The second-order valence-corrected chi connectivity index (χ2v) is 8.26. The van der Waals surface area contributed by atoms with Crippen molar-refractivity contribution in [1.29, 1.82) is 0 Å². The highest BCUT2D eigenvalue weighted by atomic mass is 35.5. The van der Waals surface area contributed by atoms with Gasteiger partial charge < -0.3 is 5.32 Å². The average Bonchev–Trinajstić information content (AvgIpc) is 2.69. The number of nitrogens with zero attached hydrogens (tertiary/aromatic N) is 1. The fourth-order valence-corrected chi connectivity index (χ4v) is 3.69. The molecule has 1 aromatic rings. The SMILES string of the molecule is Cc1c(Cl)cccc1NC(=O)CCC(=O)NN=C1CCCCCCCCCCC1. The summed E-state index contributed by atoms with van der Waals surface area (Å²) in [4.78, 5) is 24.3. The third kappa shape index (κ3) is 9.44. The first-order valence-corrected chi connectivity index (χ1v) is 11.3. The van der Waals surface area contributed by atoms with Crippen molar-refractivity contribution in [2.45, 2.75) is 90.4 Å². The summed E-state index contributed by atoms with van der Waals surface area (Å²) in [6.07, 6.45) is 13.5. The molecule has 1 fully saturated rings. The molecule has 160 valence electrons. The zero-order valence-corrected chi connectivity index (χ0v) is 18.3. The highest BCUT2D eigenvalue weighted by molar-refractivity contribution is 6.31. The van der Waals surface area contributed by atoms with E-state index in [1.165, 1.54) is 44.9 Å². The first-order chi connectivity index (χ1) is 14.1. The molecule has 1 aliphatic carbocycles. The summed E-state index contributed by atoms with van der Waals surface area (Å²) in [7, 11) is 0. The van der Waals surface area contributed by atoms with Crippen LogP contribution in [0.25, 0.3) is 0 Å². The van der Waals surface area contributed by atoms with Gasteiger partial charge in [-0.05, 0) is 50.3 Å².